The molecule has 3 aliphatic carbocycles. The molecule has 0 atom stereocenters. The molecule has 0 saturated heterocycles. The van der Waals surface area contributed by atoms with Gasteiger partial charge in [0.1, 0.15) is 5.82 Å². The number of allylic oxidation sites excluding steroid dienone is 4. The molecule has 1 nitrogen and oxygen atoms in total. The summed E-state index contributed by atoms with van der Waals surface area (Å²) in [6.07, 6.45) is 15.4. The van der Waals surface area contributed by atoms with Crippen molar-refractivity contribution in [3.63, 3.8) is 0 Å². The molecular weight excluding hydrogens is 658 g/mol. The Hall–Kier alpha value is -5.86. The van der Waals surface area contributed by atoms with Crippen LogP contribution in [0.1, 0.15) is 77.1 Å². The molecule has 2 heteroatoms. The number of rotatable bonds is 8. The first-order chi connectivity index (χ1) is 26.4. The van der Waals surface area contributed by atoms with Crippen molar-refractivity contribution in [3.05, 3.63) is 190 Å². The maximum Gasteiger partial charge on any atom is 0.131 e. The second kappa shape index (κ2) is 14.2. The van der Waals surface area contributed by atoms with E-state index in [1.54, 1.807) is 6.07 Å². The lowest BCUT2D eigenvalue weighted by Gasteiger charge is -2.24. The van der Waals surface area contributed by atoms with E-state index in [9.17, 15) is 0 Å². The smallest absolute Gasteiger partial charge is 0.131 e. The number of halogens is 1. The normalized spacial score (nSPS) is 15.5. The highest BCUT2D eigenvalue weighted by atomic mass is 19.1. The van der Waals surface area contributed by atoms with Crippen molar-refractivity contribution in [2.75, 3.05) is 0 Å². The van der Waals surface area contributed by atoms with Gasteiger partial charge in [0.25, 0.3) is 0 Å². The molecule has 0 spiro atoms. The highest BCUT2D eigenvalue weighted by molar-refractivity contribution is 6.19. The van der Waals surface area contributed by atoms with Crippen molar-refractivity contribution >= 4 is 39.9 Å². The topological polar surface area (TPSA) is 12.4 Å². The van der Waals surface area contributed by atoms with E-state index in [-0.39, 0.29) is 5.82 Å². The van der Waals surface area contributed by atoms with Crippen LogP contribution < -0.4 is 0 Å². The molecule has 54 heavy (non-hydrogen) atoms. The molecule has 3 aliphatic rings. The van der Waals surface area contributed by atoms with Gasteiger partial charge in [-0.15, -0.1) is 0 Å². The highest BCUT2D eigenvalue weighted by Gasteiger charge is 2.32. The summed E-state index contributed by atoms with van der Waals surface area (Å²) < 4.78 is 16.5. The third kappa shape index (κ3) is 6.30. The zero-order valence-electron chi connectivity index (χ0n) is 31.1. The van der Waals surface area contributed by atoms with Crippen LogP contribution in [-0.2, 0) is 12.8 Å². The Labute approximate surface area is 318 Å². The van der Waals surface area contributed by atoms with E-state index in [2.05, 4.69) is 130 Å². The first-order valence-corrected chi connectivity index (χ1v) is 19.4. The average molecular weight is 702 g/mol. The van der Waals surface area contributed by atoms with Crippen molar-refractivity contribution in [3.8, 4) is 22.3 Å². The number of fused-ring (bicyclic) bond motifs is 6. The standard InChI is InChI=1S/C52H44FN/c1-33-22-23-41(47-31-48-44-20-12-10-18-42(44)43-19-11-13-21-45(43)49(48)32-50(47)53)30-46(33)34(2)51(39-26-27-39)52(54-35(3)36-14-6-4-7-15-36)40-28-24-38(25-29-40)37-16-8-5-9-17-37/h4-9,12-17,20-25,28-32,39H,3,10-11,18-19,26-27H2,1-2H3/b51-34+,54-52?. The second-order valence-electron chi connectivity index (χ2n) is 15.1. The van der Waals surface area contributed by atoms with E-state index in [4.69, 9.17) is 4.99 Å². The fraction of sp³-hybridized carbons (Fsp3) is 0.173. The van der Waals surface area contributed by atoms with Crippen molar-refractivity contribution < 1.29 is 4.39 Å². The summed E-state index contributed by atoms with van der Waals surface area (Å²) in [7, 11) is 0. The van der Waals surface area contributed by atoms with Crippen molar-refractivity contribution in [2.45, 2.75) is 52.4 Å². The summed E-state index contributed by atoms with van der Waals surface area (Å²) in [5.74, 6) is 0.210. The van der Waals surface area contributed by atoms with Gasteiger partial charge in [0.15, 0.2) is 0 Å². The van der Waals surface area contributed by atoms with E-state index in [1.165, 1.54) is 44.5 Å². The summed E-state index contributed by atoms with van der Waals surface area (Å²) >= 11 is 0. The van der Waals surface area contributed by atoms with Crippen LogP contribution in [0, 0.1) is 18.7 Å². The van der Waals surface area contributed by atoms with Crippen molar-refractivity contribution in [1.29, 1.82) is 0 Å². The summed E-state index contributed by atoms with van der Waals surface area (Å²) in [5.41, 5.74) is 17.7. The average Bonchev–Trinajstić information content (AvgIpc) is 4.07. The predicted octanol–water partition coefficient (Wildman–Crippen LogP) is 13.9. The maximum absolute atomic E-state index is 16.5. The number of hydrogen-bond acceptors (Lipinski definition) is 1. The Kier molecular flexibility index (Phi) is 8.91. The predicted molar refractivity (Wildman–Crippen MR) is 228 cm³/mol. The Morgan fingerprint density at radius 2 is 1.26 bits per heavy atom. The minimum absolute atomic E-state index is 0.179. The summed E-state index contributed by atoms with van der Waals surface area (Å²) in [6.45, 7) is 8.85. The van der Waals surface area contributed by atoms with Gasteiger partial charge in [-0.25, -0.2) is 9.38 Å². The van der Waals surface area contributed by atoms with E-state index in [1.807, 2.05) is 24.3 Å². The molecule has 1 fully saturated rings. The molecule has 0 unspecified atom stereocenters. The SMILES string of the molecule is C=C(N=C(/C(=C(\C)c1cc(-c2cc3c4c(c5c(c3cc2F)C=CCC5)CCC=C4)ccc1C)C1CC1)c1ccc(-c2ccccc2)cc1)c1ccccc1. The summed E-state index contributed by atoms with van der Waals surface area (Å²) in [6, 6.07) is 39.9. The number of benzene rings is 6. The number of aliphatic imine (C=N–C) groups is 1. The van der Waals surface area contributed by atoms with E-state index >= 15 is 4.39 Å². The van der Waals surface area contributed by atoms with Crippen LogP contribution in [0.25, 0.3) is 56.4 Å². The zero-order chi connectivity index (χ0) is 36.8. The van der Waals surface area contributed by atoms with Gasteiger partial charge >= 0.3 is 0 Å². The first-order valence-electron chi connectivity index (χ1n) is 19.4. The lowest BCUT2D eigenvalue weighted by atomic mass is 9.80. The minimum Gasteiger partial charge on any atom is -0.248 e. The Bertz CT molecular complexity index is 2560. The van der Waals surface area contributed by atoms with Gasteiger partial charge in [0.2, 0.25) is 0 Å². The molecule has 0 N–H and O–H groups in total. The molecule has 0 bridgehead atoms. The van der Waals surface area contributed by atoms with Gasteiger partial charge in [0.05, 0.1) is 11.4 Å². The fourth-order valence-electron chi connectivity index (χ4n) is 8.65. The van der Waals surface area contributed by atoms with Crippen LogP contribution in [0.5, 0.6) is 0 Å². The first kappa shape index (κ1) is 33.9. The van der Waals surface area contributed by atoms with Crippen molar-refractivity contribution in [2.24, 2.45) is 10.9 Å². The second-order valence-corrected chi connectivity index (χ2v) is 15.1. The molecule has 0 aliphatic heterocycles. The van der Waals surface area contributed by atoms with E-state index < -0.39 is 0 Å². The third-order valence-corrected chi connectivity index (χ3v) is 11.6. The summed E-state index contributed by atoms with van der Waals surface area (Å²) in [5, 5.41) is 2.16. The Morgan fingerprint density at radius 3 is 1.91 bits per heavy atom. The molecule has 0 amide bonds. The van der Waals surface area contributed by atoms with E-state index in [0.29, 0.717) is 11.5 Å². The Morgan fingerprint density at radius 1 is 0.667 bits per heavy atom. The van der Waals surface area contributed by atoms with Gasteiger partial charge in [-0.05, 0) is 154 Å². The molecule has 0 heterocycles. The number of nitrogens with zero attached hydrogens (tertiary/aromatic N) is 1. The van der Waals surface area contributed by atoms with Gasteiger partial charge in [-0.2, -0.15) is 0 Å². The van der Waals surface area contributed by atoms with Gasteiger partial charge in [0, 0.05) is 11.1 Å². The maximum atomic E-state index is 16.5. The number of hydrogen-bond donors (Lipinski definition) is 0. The van der Waals surface area contributed by atoms with Crippen LogP contribution in [0.3, 0.4) is 0 Å². The molecule has 6 aromatic rings. The molecule has 1 saturated carbocycles. The lowest BCUT2D eigenvalue weighted by molar-refractivity contribution is 0.633. The van der Waals surface area contributed by atoms with Gasteiger partial charge < -0.3 is 0 Å². The molecule has 264 valence electrons. The largest absolute Gasteiger partial charge is 0.248 e. The zero-order valence-corrected chi connectivity index (χ0v) is 31.1. The third-order valence-electron chi connectivity index (χ3n) is 11.6. The highest BCUT2D eigenvalue weighted by Crippen LogP contribution is 2.45. The van der Waals surface area contributed by atoms with E-state index in [0.717, 1.165) is 88.5 Å². The van der Waals surface area contributed by atoms with Crippen LogP contribution in [0.2, 0.25) is 0 Å². The molecule has 0 radical (unpaired) electrons. The minimum atomic E-state index is -0.179. The van der Waals surface area contributed by atoms with Crippen LogP contribution in [0.15, 0.2) is 145 Å². The van der Waals surface area contributed by atoms with Gasteiger partial charge in [-0.3, -0.25) is 0 Å². The van der Waals surface area contributed by atoms with Crippen molar-refractivity contribution in [1.82, 2.24) is 0 Å². The summed E-state index contributed by atoms with van der Waals surface area (Å²) in [4.78, 5) is 5.35. The Balaban J connectivity index is 1.19. The lowest BCUT2D eigenvalue weighted by Crippen LogP contribution is -2.10. The molecule has 0 aromatic heterocycles. The molecule has 9 rings (SSSR count). The molecule has 6 aromatic carbocycles. The van der Waals surface area contributed by atoms with Crippen LogP contribution in [0.4, 0.5) is 4.39 Å². The number of aryl methyl sites for hydroxylation is 1. The van der Waals surface area contributed by atoms with Gasteiger partial charge in [-0.1, -0.05) is 128 Å². The quantitative estimate of drug-likeness (QED) is 0.140. The molecular formula is C52H44FN. The monoisotopic (exact) mass is 701 g/mol. The van der Waals surface area contributed by atoms with Crippen LogP contribution in [-0.4, -0.2) is 5.71 Å². The van der Waals surface area contributed by atoms with Crippen LogP contribution >= 0.6 is 0 Å². The fourth-order valence-corrected chi connectivity index (χ4v) is 8.65.